The molecule has 0 heterocycles. The third kappa shape index (κ3) is 2.40. The second-order valence-corrected chi connectivity index (χ2v) is 5.23. The molecule has 84 valence electrons. The Labute approximate surface area is 93.1 Å². The third-order valence-electron chi connectivity index (χ3n) is 3.10. The fourth-order valence-corrected chi connectivity index (χ4v) is 2.03. The van der Waals surface area contributed by atoms with Crippen molar-refractivity contribution in [3.05, 3.63) is 35.9 Å². The molecule has 0 radical (unpaired) electrons. The summed E-state index contributed by atoms with van der Waals surface area (Å²) in [5.41, 5.74) is 0.173. The van der Waals surface area contributed by atoms with Gasteiger partial charge in [-0.2, -0.15) is 0 Å². The molecule has 1 aromatic rings. The first-order valence-corrected chi connectivity index (χ1v) is 5.69. The van der Waals surface area contributed by atoms with Crippen molar-refractivity contribution in [3.8, 4) is 0 Å². The van der Waals surface area contributed by atoms with E-state index in [-0.39, 0.29) is 5.41 Å². The molecule has 0 aliphatic carbocycles. The highest BCUT2D eigenvalue weighted by molar-refractivity contribution is 5.24. The molecule has 0 spiro atoms. The van der Waals surface area contributed by atoms with Crippen LogP contribution in [0.1, 0.15) is 46.1 Å². The van der Waals surface area contributed by atoms with Gasteiger partial charge in [-0.15, -0.1) is 0 Å². The van der Waals surface area contributed by atoms with Gasteiger partial charge >= 0.3 is 0 Å². The number of hydrogen-bond donors (Lipinski definition) is 1. The summed E-state index contributed by atoms with van der Waals surface area (Å²) in [6, 6.07) is 9.99. The SMILES string of the molecule is CCCC(O)(c1ccccc1)C(C)(C)C. The van der Waals surface area contributed by atoms with Crippen LogP contribution in [0.4, 0.5) is 0 Å². The smallest absolute Gasteiger partial charge is 0.0944 e. The number of benzene rings is 1. The minimum atomic E-state index is -0.719. The fourth-order valence-electron chi connectivity index (χ4n) is 2.03. The van der Waals surface area contributed by atoms with Crippen LogP contribution in [0.3, 0.4) is 0 Å². The Kier molecular flexibility index (Phi) is 3.56. The highest BCUT2D eigenvalue weighted by atomic mass is 16.3. The van der Waals surface area contributed by atoms with Gasteiger partial charge in [-0.05, 0) is 17.4 Å². The van der Waals surface area contributed by atoms with Crippen LogP contribution >= 0.6 is 0 Å². The number of aliphatic hydroxyl groups is 1. The number of hydrogen-bond acceptors (Lipinski definition) is 1. The zero-order chi connectivity index (χ0) is 11.5. The summed E-state index contributed by atoms with van der Waals surface area (Å²) in [6.45, 7) is 8.39. The van der Waals surface area contributed by atoms with Gasteiger partial charge in [-0.25, -0.2) is 0 Å². The molecule has 0 fully saturated rings. The summed E-state index contributed by atoms with van der Waals surface area (Å²) >= 11 is 0. The molecule has 1 heteroatoms. The van der Waals surface area contributed by atoms with Gasteiger partial charge in [-0.3, -0.25) is 0 Å². The fraction of sp³-hybridized carbons (Fsp3) is 0.571. The van der Waals surface area contributed by atoms with E-state index < -0.39 is 5.60 Å². The maximum Gasteiger partial charge on any atom is 0.0944 e. The Balaban J connectivity index is 3.13. The van der Waals surface area contributed by atoms with Crippen molar-refractivity contribution >= 4 is 0 Å². The van der Waals surface area contributed by atoms with Crippen molar-refractivity contribution in [2.24, 2.45) is 5.41 Å². The lowest BCUT2D eigenvalue weighted by Gasteiger charge is -2.41. The number of rotatable bonds is 3. The van der Waals surface area contributed by atoms with Crippen LogP contribution in [0.2, 0.25) is 0 Å². The van der Waals surface area contributed by atoms with E-state index in [2.05, 4.69) is 27.7 Å². The molecule has 1 aromatic carbocycles. The van der Waals surface area contributed by atoms with Crippen LogP contribution in [-0.2, 0) is 5.60 Å². The molecule has 1 nitrogen and oxygen atoms in total. The Bertz CT molecular complexity index is 297. The van der Waals surface area contributed by atoms with Gasteiger partial charge in [0.2, 0.25) is 0 Å². The van der Waals surface area contributed by atoms with E-state index in [1.54, 1.807) is 0 Å². The summed E-state index contributed by atoms with van der Waals surface area (Å²) in [4.78, 5) is 0. The second kappa shape index (κ2) is 4.36. The monoisotopic (exact) mass is 206 g/mol. The molecule has 0 saturated heterocycles. The van der Waals surface area contributed by atoms with Crippen LogP contribution in [0.15, 0.2) is 30.3 Å². The van der Waals surface area contributed by atoms with Gasteiger partial charge in [0.25, 0.3) is 0 Å². The predicted octanol–water partition coefficient (Wildman–Crippen LogP) is 3.72. The summed E-state index contributed by atoms with van der Waals surface area (Å²) in [7, 11) is 0. The molecular formula is C14H22O. The van der Waals surface area contributed by atoms with Crippen molar-refractivity contribution in [1.82, 2.24) is 0 Å². The van der Waals surface area contributed by atoms with Crippen LogP contribution < -0.4 is 0 Å². The first kappa shape index (κ1) is 12.3. The Morgan fingerprint density at radius 1 is 1.07 bits per heavy atom. The van der Waals surface area contributed by atoms with Crippen LogP contribution in [0.5, 0.6) is 0 Å². The topological polar surface area (TPSA) is 20.2 Å². The van der Waals surface area contributed by atoms with E-state index in [1.807, 2.05) is 30.3 Å². The lowest BCUT2D eigenvalue weighted by atomic mass is 9.70. The van der Waals surface area contributed by atoms with Crippen molar-refractivity contribution in [1.29, 1.82) is 0 Å². The van der Waals surface area contributed by atoms with Gasteiger partial charge in [0.15, 0.2) is 0 Å². The van der Waals surface area contributed by atoms with E-state index in [0.717, 1.165) is 18.4 Å². The third-order valence-corrected chi connectivity index (χ3v) is 3.10. The van der Waals surface area contributed by atoms with Gasteiger partial charge < -0.3 is 5.11 Å². The quantitative estimate of drug-likeness (QED) is 0.799. The van der Waals surface area contributed by atoms with Gasteiger partial charge in [-0.1, -0.05) is 64.4 Å². The molecule has 0 bridgehead atoms. The highest BCUT2D eigenvalue weighted by Gasteiger charge is 2.40. The molecule has 1 atom stereocenters. The highest BCUT2D eigenvalue weighted by Crippen LogP contribution is 2.42. The zero-order valence-corrected chi connectivity index (χ0v) is 10.2. The van der Waals surface area contributed by atoms with Crippen molar-refractivity contribution in [3.63, 3.8) is 0 Å². The van der Waals surface area contributed by atoms with E-state index in [4.69, 9.17) is 0 Å². The molecule has 0 aliphatic rings. The van der Waals surface area contributed by atoms with Crippen LogP contribution in [0, 0.1) is 5.41 Å². The minimum absolute atomic E-state index is 0.135. The first-order chi connectivity index (χ1) is 6.92. The molecule has 15 heavy (non-hydrogen) atoms. The Morgan fingerprint density at radius 3 is 2.00 bits per heavy atom. The molecule has 1 unspecified atom stereocenters. The lowest BCUT2D eigenvalue weighted by Crippen LogP contribution is -2.39. The van der Waals surface area contributed by atoms with E-state index >= 15 is 0 Å². The van der Waals surface area contributed by atoms with Crippen molar-refractivity contribution in [2.75, 3.05) is 0 Å². The molecule has 1 N–H and O–H groups in total. The molecule has 0 aliphatic heterocycles. The van der Waals surface area contributed by atoms with Gasteiger partial charge in [0.05, 0.1) is 5.60 Å². The molecule has 1 rings (SSSR count). The van der Waals surface area contributed by atoms with Crippen LogP contribution in [0.25, 0.3) is 0 Å². The zero-order valence-electron chi connectivity index (χ0n) is 10.2. The average molecular weight is 206 g/mol. The molecule has 0 aromatic heterocycles. The van der Waals surface area contributed by atoms with E-state index in [1.165, 1.54) is 0 Å². The summed E-state index contributed by atoms with van der Waals surface area (Å²) in [6.07, 6.45) is 1.79. The van der Waals surface area contributed by atoms with E-state index in [9.17, 15) is 5.11 Å². The van der Waals surface area contributed by atoms with E-state index in [0.29, 0.717) is 0 Å². The first-order valence-electron chi connectivity index (χ1n) is 5.69. The molecule has 0 saturated carbocycles. The van der Waals surface area contributed by atoms with Crippen molar-refractivity contribution < 1.29 is 5.11 Å². The van der Waals surface area contributed by atoms with Crippen LogP contribution in [-0.4, -0.2) is 5.11 Å². The normalized spacial score (nSPS) is 16.1. The van der Waals surface area contributed by atoms with Crippen molar-refractivity contribution in [2.45, 2.75) is 46.1 Å². The molecule has 0 amide bonds. The Morgan fingerprint density at radius 2 is 1.60 bits per heavy atom. The summed E-state index contributed by atoms with van der Waals surface area (Å²) in [5.74, 6) is 0. The largest absolute Gasteiger partial charge is 0.385 e. The summed E-state index contributed by atoms with van der Waals surface area (Å²) < 4.78 is 0. The predicted molar refractivity (Wildman–Crippen MR) is 64.7 cm³/mol. The maximum atomic E-state index is 10.8. The summed E-state index contributed by atoms with van der Waals surface area (Å²) in [5, 5.41) is 10.8. The Hall–Kier alpha value is -0.820. The minimum Gasteiger partial charge on any atom is -0.385 e. The maximum absolute atomic E-state index is 10.8. The standard InChI is InChI=1S/C14H22O/c1-5-11-14(15,13(2,3)4)12-9-7-6-8-10-12/h6-10,15H,5,11H2,1-4H3. The second-order valence-electron chi connectivity index (χ2n) is 5.23. The van der Waals surface area contributed by atoms with Gasteiger partial charge in [0, 0.05) is 0 Å². The van der Waals surface area contributed by atoms with Gasteiger partial charge in [0.1, 0.15) is 0 Å². The average Bonchev–Trinajstić information content (AvgIpc) is 2.18. The lowest BCUT2D eigenvalue weighted by molar-refractivity contribution is -0.0717. The molecular weight excluding hydrogens is 184 g/mol.